The summed E-state index contributed by atoms with van der Waals surface area (Å²) in [7, 11) is 0. The molecule has 1 unspecified atom stereocenters. The lowest BCUT2D eigenvalue weighted by Gasteiger charge is -2.22. The number of aliphatic hydroxyl groups is 1. The molecule has 0 aliphatic rings. The van der Waals surface area contributed by atoms with Gasteiger partial charge in [-0.3, -0.25) is 0 Å². The number of thiophene rings is 1. The number of carbonyl (C=O) groups excluding carboxylic acids is 1. The van der Waals surface area contributed by atoms with Gasteiger partial charge in [-0.15, -0.1) is 11.3 Å². The Labute approximate surface area is 121 Å². The van der Waals surface area contributed by atoms with Crippen molar-refractivity contribution in [2.45, 2.75) is 18.9 Å². The van der Waals surface area contributed by atoms with Crippen molar-refractivity contribution in [3.05, 3.63) is 46.5 Å². The lowest BCUT2D eigenvalue weighted by Crippen LogP contribution is -2.43. The lowest BCUT2D eigenvalue weighted by atomic mass is 10.1. The van der Waals surface area contributed by atoms with Gasteiger partial charge in [0.05, 0.1) is 12.8 Å². The van der Waals surface area contributed by atoms with E-state index in [4.69, 9.17) is 4.42 Å². The Morgan fingerprint density at radius 1 is 1.40 bits per heavy atom. The summed E-state index contributed by atoms with van der Waals surface area (Å²) in [4.78, 5) is 12.5. The van der Waals surface area contributed by atoms with E-state index in [0.717, 1.165) is 10.6 Å². The summed E-state index contributed by atoms with van der Waals surface area (Å²) >= 11 is 1.46. The molecule has 6 heteroatoms. The normalized spacial score (nSPS) is 13.7. The van der Waals surface area contributed by atoms with Crippen LogP contribution in [0.5, 0.6) is 0 Å². The van der Waals surface area contributed by atoms with Crippen LogP contribution in [-0.2, 0) is 12.0 Å². The molecule has 3 N–H and O–H groups in total. The number of nitrogens with one attached hydrogen (secondary N) is 2. The van der Waals surface area contributed by atoms with Crippen LogP contribution in [0.2, 0.25) is 0 Å². The first-order valence-electron chi connectivity index (χ1n) is 6.38. The van der Waals surface area contributed by atoms with Crippen molar-refractivity contribution in [3.63, 3.8) is 0 Å². The van der Waals surface area contributed by atoms with Crippen LogP contribution in [-0.4, -0.2) is 24.2 Å². The van der Waals surface area contributed by atoms with Gasteiger partial charge in [0.1, 0.15) is 11.4 Å². The predicted molar refractivity (Wildman–Crippen MR) is 77.7 cm³/mol. The molecule has 0 bridgehead atoms. The summed E-state index contributed by atoms with van der Waals surface area (Å²) in [5.74, 6) is 0.830. The van der Waals surface area contributed by atoms with E-state index in [1.165, 1.54) is 11.3 Å². The van der Waals surface area contributed by atoms with Crippen LogP contribution in [0.15, 0.2) is 40.3 Å². The minimum Gasteiger partial charge on any atom is -0.469 e. The van der Waals surface area contributed by atoms with E-state index in [2.05, 4.69) is 10.6 Å². The van der Waals surface area contributed by atoms with E-state index >= 15 is 0 Å². The average molecular weight is 294 g/mol. The van der Waals surface area contributed by atoms with Gasteiger partial charge in [-0.05, 0) is 30.5 Å². The van der Waals surface area contributed by atoms with Crippen molar-refractivity contribution in [2.75, 3.05) is 13.1 Å². The van der Waals surface area contributed by atoms with Gasteiger partial charge in [-0.1, -0.05) is 6.07 Å². The summed E-state index contributed by atoms with van der Waals surface area (Å²) in [6.45, 7) is 2.34. The van der Waals surface area contributed by atoms with E-state index in [1.54, 1.807) is 13.2 Å². The molecule has 0 saturated carbocycles. The van der Waals surface area contributed by atoms with Gasteiger partial charge in [0.2, 0.25) is 0 Å². The summed E-state index contributed by atoms with van der Waals surface area (Å²) in [5, 5.41) is 17.5. The first-order valence-corrected chi connectivity index (χ1v) is 7.26. The molecular weight excluding hydrogens is 276 g/mol. The number of hydrogen-bond acceptors (Lipinski definition) is 4. The molecule has 0 aliphatic heterocycles. The van der Waals surface area contributed by atoms with Crippen LogP contribution >= 0.6 is 11.3 Å². The summed E-state index contributed by atoms with van der Waals surface area (Å²) < 4.78 is 5.17. The number of rotatable bonds is 6. The molecule has 1 atom stereocenters. The molecule has 0 aromatic carbocycles. The summed E-state index contributed by atoms with van der Waals surface area (Å²) in [6, 6.07) is 7.10. The summed E-state index contributed by atoms with van der Waals surface area (Å²) in [6.07, 6.45) is 2.25. The highest BCUT2D eigenvalue weighted by Gasteiger charge is 2.24. The zero-order chi connectivity index (χ0) is 14.4. The average Bonchev–Trinajstić information content (AvgIpc) is 3.09. The molecule has 2 aromatic rings. The van der Waals surface area contributed by atoms with E-state index in [0.29, 0.717) is 13.0 Å². The number of furan rings is 1. The fourth-order valence-corrected chi connectivity index (χ4v) is 2.53. The van der Waals surface area contributed by atoms with Crippen molar-refractivity contribution >= 4 is 17.4 Å². The first kappa shape index (κ1) is 14.6. The molecule has 20 heavy (non-hydrogen) atoms. The predicted octanol–water partition coefficient (Wildman–Crippen LogP) is 2.09. The van der Waals surface area contributed by atoms with Crippen LogP contribution in [0.25, 0.3) is 0 Å². The molecule has 0 spiro atoms. The van der Waals surface area contributed by atoms with E-state index in [-0.39, 0.29) is 12.6 Å². The SMILES string of the molecule is CC(O)(CNC(=O)NCCc1ccco1)c1cccs1. The maximum absolute atomic E-state index is 11.6. The van der Waals surface area contributed by atoms with Crippen molar-refractivity contribution in [1.29, 1.82) is 0 Å². The van der Waals surface area contributed by atoms with Gasteiger partial charge < -0.3 is 20.2 Å². The largest absolute Gasteiger partial charge is 0.469 e. The van der Waals surface area contributed by atoms with Crippen LogP contribution < -0.4 is 10.6 Å². The van der Waals surface area contributed by atoms with Gasteiger partial charge in [-0.2, -0.15) is 0 Å². The zero-order valence-electron chi connectivity index (χ0n) is 11.3. The van der Waals surface area contributed by atoms with Gasteiger partial charge in [0, 0.05) is 17.8 Å². The second kappa shape index (κ2) is 6.58. The monoisotopic (exact) mass is 294 g/mol. The third kappa shape index (κ3) is 4.11. The summed E-state index contributed by atoms with van der Waals surface area (Å²) in [5.41, 5.74) is -1.05. The molecule has 0 saturated heterocycles. The van der Waals surface area contributed by atoms with Crippen LogP contribution in [0.1, 0.15) is 17.6 Å². The Kier molecular flexibility index (Phi) is 4.81. The molecule has 0 aliphatic carbocycles. The third-order valence-electron chi connectivity index (χ3n) is 2.88. The van der Waals surface area contributed by atoms with Gasteiger partial charge in [-0.25, -0.2) is 4.79 Å². The minimum absolute atomic E-state index is 0.167. The highest BCUT2D eigenvalue weighted by atomic mass is 32.1. The van der Waals surface area contributed by atoms with E-state index in [1.807, 2.05) is 29.6 Å². The van der Waals surface area contributed by atoms with Crippen molar-refractivity contribution in [2.24, 2.45) is 0 Å². The molecule has 0 fully saturated rings. The molecule has 2 amide bonds. The smallest absolute Gasteiger partial charge is 0.314 e. The maximum Gasteiger partial charge on any atom is 0.314 e. The third-order valence-corrected chi connectivity index (χ3v) is 4.01. The molecule has 2 rings (SSSR count). The molecule has 108 valence electrons. The van der Waals surface area contributed by atoms with Crippen molar-refractivity contribution < 1.29 is 14.3 Å². The number of amides is 2. The van der Waals surface area contributed by atoms with Gasteiger partial charge in [0.15, 0.2) is 0 Å². The first-order chi connectivity index (χ1) is 9.58. The number of carbonyl (C=O) groups is 1. The Hall–Kier alpha value is -1.79. The van der Waals surface area contributed by atoms with E-state index in [9.17, 15) is 9.90 Å². The zero-order valence-corrected chi connectivity index (χ0v) is 12.1. The lowest BCUT2D eigenvalue weighted by molar-refractivity contribution is 0.0631. The quantitative estimate of drug-likeness (QED) is 0.763. The standard InChI is InChI=1S/C14H18N2O3S/c1-14(18,12-5-3-9-20-12)10-16-13(17)15-7-6-11-4-2-8-19-11/h2-5,8-9,18H,6-7,10H2,1H3,(H2,15,16,17). The molecule has 0 radical (unpaired) electrons. The molecule has 2 heterocycles. The highest BCUT2D eigenvalue weighted by Crippen LogP contribution is 2.24. The second-order valence-corrected chi connectivity index (χ2v) is 5.64. The fraction of sp³-hybridized carbons (Fsp3) is 0.357. The molecule has 2 aromatic heterocycles. The number of urea groups is 1. The highest BCUT2D eigenvalue weighted by molar-refractivity contribution is 7.10. The Morgan fingerprint density at radius 2 is 2.25 bits per heavy atom. The molecular formula is C14H18N2O3S. The fourth-order valence-electron chi connectivity index (χ4n) is 1.74. The topological polar surface area (TPSA) is 74.5 Å². The van der Waals surface area contributed by atoms with Gasteiger partial charge in [0.25, 0.3) is 0 Å². The van der Waals surface area contributed by atoms with Crippen molar-refractivity contribution in [1.82, 2.24) is 10.6 Å². The minimum atomic E-state index is -1.05. The van der Waals surface area contributed by atoms with Gasteiger partial charge >= 0.3 is 6.03 Å². The molecule has 5 nitrogen and oxygen atoms in total. The van der Waals surface area contributed by atoms with Crippen LogP contribution in [0.3, 0.4) is 0 Å². The van der Waals surface area contributed by atoms with Crippen LogP contribution in [0, 0.1) is 0 Å². The number of hydrogen-bond donors (Lipinski definition) is 3. The maximum atomic E-state index is 11.6. The Morgan fingerprint density at radius 3 is 2.90 bits per heavy atom. The van der Waals surface area contributed by atoms with E-state index < -0.39 is 5.60 Å². The van der Waals surface area contributed by atoms with Crippen LogP contribution in [0.4, 0.5) is 4.79 Å². The Balaban J connectivity index is 1.69. The Bertz CT molecular complexity index is 521. The van der Waals surface area contributed by atoms with Crippen molar-refractivity contribution in [3.8, 4) is 0 Å². The second-order valence-electron chi connectivity index (χ2n) is 4.69.